The molecule has 5 heteroatoms. The van der Waals surface area contributed by atoms with Crippen LogP contribution in [0, 0.1) is 0 Å². The zero-order valence-corrected chi connectivity index (χ0v) is 12.3. The first-order chi connectivity index (χ1) is 7.66. The molecule has 16 heavy (non-hydrogen) atoms. The maximum atomic E-state index is 11.7. The minimum Gasteiger partial charge on any atom is -0.352 e. The van der Waals surface area contributed by atoms with Crippen molar-refractivity contribution in [1.82, 2.24) is 5.32 Å². The summed E-state index contributed by atoms with van der Waals surface area (Å²) in [5.74, 6) is -0.166. The van der Waals surface area contributed by atoms with Crippen molar-refractivity contribution in [3.63, 3.8) is 0 Å². The molecule has 0 heterocycles. The van der Waals surface area contributed by atoms with E-state index in [2.05, 4.69) is 27.9 Å². The third-order valence-electron chi connectivity index (χ3n) is 2.04. The Bertz CT molecular complexity index is 371. The molecular formula is C11H12Cl2INO. The standard InChI is InChI=1S/C11H12Cl2INO/c12-9-5-3-4-8(10(9)13)11(16)15-7-2-1-6-14/h3-5H,1-2,6-7H2,(H,15,16). The minimum atomic E-state index is -0.166. The number of alkyl halides is 1. The summed E-state index contributed by atoms with van der Waals surface area (Å²) in [6, 6.07) is 5.05. The second-order valence-corrected chi connectivity index (χ2v) is 5.12. The van der Waals surface area contributed by atoms with Crippen LogP contribution in [0.3, 0.4) is 0 Å². The lowest BCUT2D eigenvalue weighted by molar-refractivity contribution is 0.0953. The lowest BCUT2D eigenvalue weighted by Crippen LogP contribution is -2.24. The van der Waals surface area contributed by atoms with Crippen LogP contribution >= 0.6 is 45.8 Å². The normalized spacial score (nSPS) is 10.2. The van der Waals surface area contributed by atoms with Gasteiger partial charge < -0.3 is 5.32 Å². The quantitative estimate of drug-likeness (QED) is 0.474. The van der Waals surface area contributed by atoms with Gasteiger partial charge in [0.15, 0.2) is 0 Å². The minimum absolute atomic E-state index is 0.166. The summed E-state index contributed by atoms with van der Waals surface area (Å²) < 4.78 is 1.10. The third-order valence-corrected chi connectivity index (χ3v) is 3.62. The molecule has 0 spiro atoms. The maximum Gasteiger partial charge on any atom is 0.252 e. The van der Waals surface area contributed by atoms with E-state index in [-0.39, 0.29) is 5.91 Å². The van der Waals surface area contributed by atoms with E-state index in [0.29, 0.717) is 22.2 Å². The highest BCUT2D eigenvalue weighted by Gasteiger charge is 2.11. The number of halogens is 3. The number of rotatable bonds is 5. The average molecular weight is 372 g/mol. The lowest BCUT2D eigenvalue weighted by atomic mass is 10.2. The third kappa shape index (κ3) is 4.11. The van der Waals surface area contributed by atoms with Crippen molar-refractivity contribution < 1.29 is 4.79 Å². The molecule has 0 aliphatic carbocycles. The molecule has 1 rings (SSSR count). The van der Waals surface area contributed by atoms with Crippen LogP contribution in [0.1, 0.15) is 23.2 Å². The summed E-state index contributed by atoms with van der Waals surface area (Å²) in [6.07, 6.45) is 2.08. The van der Waals surface area contributed by atoms with E-state index in [1.165, 1.54) is 0 Å². The number of hydrogen-bond acceptors (Lipinski definition) is 1. The molecule has 0 radical (unpaired) electrons. The second-order valence-electron chi connectivity index (χ2n) is 3.25. The van der Waals surface area contributed by atoms with Crippen LogP contribution in [0.15, 0.2) is 18.2 Å². The van der Waals surface area contributed by atoms with Gasteiger partial charge in [0.25, 0.3) is 5.91 Å². The number of carbonyl (C=O) groups excluding carboxylic acids is 1. The summed E-state index contributed by atoms with van der Waals surface area (Å²) in [4.78, 5) is 11.7. The summed E-state index contributed by atoms with van der Waals surface area (Å²) in [5, 5.41) is 3.54. The molecule has 88 valence electrons. The fourth-order valence-corrected chi connectivity index (χ4v) is 2.12. The first kappa shape index (κ1) is 14.1. The molecule has 0 aromatic heterocycles. The van der Waals surface area contributed by atoms with Crippen molar-refractivity contribution >= 4 is 51.7 Å². The Morgan fingerprint density at radius 2 is 2.06 bits per heavy atom. The molecule has 0 aliphatic rings. The van der Waals surface area contributed by atoms with E-state index >= 15 is 0 Å². The van der Waals surface area contributed by atoms with Gasteiger partial charge in [-0.2, -0.15) is 0 Å². The monoisotopic (exact) mass is 371 g/mol. The molecule has 0 fully saturated rings. The van der Waals surface area contributed by atoms with Gasteiger partial charge >= 0.3 is 0 Å². The number of benzene rings is 1. The van der Waals surface area contributed by atoms with Crippen molar-refractivity contribution in [2.75, 3.05) is 11.0 Å². The molecule has 1 amide bonds. The van der Waals surface area contributed by atoms with Crippen molar-refractivity contribution in [3.05, 3.63) is 33.8 Å². The van der Waals surface area contributed by atoms with Crippen LogP contribution in [0.4, 0.5) is 0 Å². The van der Waals surface area contributed by atoms with E-state index in [0.717, 1.165) is 17.3 Å². The second kappa shape index (κ2) is 7.35. The topological polar surface area (TPSA) is 29.1 Å². The van der Waals surface area contributed by atoms with E-state index < -0.39 is 0 Å². The van der Waals surface area contributed by atoms with Crippen LogP contribution in [0.2, 0.25) is 10.0 Å². The van der Waals surface area contributed by atoms with Crippen LogP contribution in [-0.4, -0.2) is 16.9 Å². The fourth-order valence-electron chi connectivity index (χ4n) is 1.20. The Hall–Kier alpha value is -0.000000000000000111. The largest absolute Gasteiger partial charge is 0.352 e. The van der Waals surface area contributed by atoms with E-state index in [9.17, 15) is 4.79 Å². The molecule has 1 N–H and O–H groups in total. The Morgan fingerprint density at radius 1 is 1.31 bits per heavy atom. The van der Waals surface area contributed by atoms with Gasteiger partial charge in [-0.25, -0.2) is 0 Å². The van der Waals surface area contributed by atoms with Gasteiger partial charge in [0.2, 0.25) is 0 Å². The van der Waals surface area contributed by atoms with Gasteiger partial charge in [0.1, 0.15) is 0 Å². The Balaban J connectivity index is 2.56. The first-order valence-corrected chi connectivity index (χ1v) is 7.23. The van der Waals surface area contributed by atoms with Crippen molar-refractivity contribution in [2.24, 2.45) is 0 Å². The zero-order chi connectivity index (χ0) is 12.0. The summed E-state index contributed by atoms with van der Waals surface area (Å²) in [5.41, 5.74) is 0.434. The van der Waals surface area contributed by atoms with E-state index in [1.807, 2.05) is 0 Å². The highest BCUT2D eigenvalue weighted by atomic mass is 127. The Kier molecular flexibility index (Phi) is 6.46. The average Bonchev–Trinajstić information content (AvgIpc) is 2.28. The summed E-state index contributed by atoms with van der Waals surface area (Å²) in [6.45, 7) is 0.671. The zero-order valence-electron chi connectivity index (χ0n) is 8.60. The van der Waals surface area contributed by atoms with Gasteiger partial charge in [-0.1, -0.05) is 51.9 Å². The van der Waals surface area contributed by atoms with E-state index in [1.54, 1.807) is 18.2 Å². The first-order valence-electron chi connectivity index (χ1n) is 4.95. The van der Waals surface area contributed by atoms with Crippen molar-refractivity contribution in [2.45, 2.75) is 12.8 Å². The molecule has 0 unspecified atom stereocenters. The molecule has 0 saturated carbocycles. The van der Waals surface area contributed by atoms with Crippen LogP contribution in [-0.2, 0) is 0 Å². The smallest absolute Gasteiger partial charge is 0.252 e. The van der Waals surface area contributed by atoms with Gasteiger partial charge in [0.05, 0.1) is 15.6 Å². The highest BCUT2D eigenvalue weighted by Crippen LogP contribution is 2.25. The molecule has 2 nitrogen and oxygen atoms in total. The number of carbonyl (C=O) groups is 1. The predicted octanol–water partition coefficient (Wildman–Crippen LogP) is 3.94. The molecule has 1 aromatic carbocycles. The fraction of sp³-hybridized carbons (Fsp3) is 0.364. The Labute approximate surface area is 119 Å². The maximum absolute atomic E-state index is 11.7. The van der Waals surface area contributed by atoms with Crippen molar-refractivity contribution in [3.8, 4) is 0 Å². The summed E-state index contributed by atoms with van der Waals surface area (Å²) >= 11 is 14.1. The van der Waals surface area contributed by atoms with Gasteiger partial charge in [-0.05, 0) is 29.4 Å². The lowest BCUT2D eigenvalue weighted by Gasteiger charge is -2.06. The number of hydrogen-bond donors (Lipinski definition) is 1. The molecule has 0 bridgehead atoms. The van der Waals surface area contributed by atoms with E-state index in [4.69, 9.17) is 23.2 Å². The molecular weight excluding hydrogens is 360 g/mol. The van der Waals surface area contributed by atoms with Crippen LogP contribution in [0.25, 0.3) is 0 Å². The van der Waals surface area contributed by atoms with Gasteiger partial charge in [-0.3, -0.25) is 4.79 Å². The number of unbranched alkanes of at least 4 members (excludes halogenated alkanes) is 1. The van der Waals surface area contributed by atoms with Gasteiger partial charge in [0, 0.05) is 6.54 Å². The predicted molar refractivity (Wildman–Crippen MR) is 76.9 cm³/mol. The number of amides is 1. The van der Waals surface area contributed by atoms with Gasteiger partial charge in [-0.15, -0.1) is 0 Å². The molecule has 0 aliphatic heterocycles. The highest BCUT2D eigenvalue weighted by molar-refractivity contribution is 14.1. The SMILES string of the molecule is O=C(NCCCCI)c1cccc(Cl)c1Cl. The van der Waals surface area contributed by atoms with Crippen LogP contribution in [0.5, 0.6) is 0 Å². The summed E-state index contributed by atoms with van der Waals surface area (Å²) in [7, 11) is 0. The molecule has 0 saturated heterocycles. The van der Waals surface area contributed by atoms with Crippen molar-refractivity contribution in [1.29, 1.82) is 0 Å². The number of nitrogens with one attached hydrogen (secondary N) is 1. The molecule has 0 atom stereocenters. The molecule has 1 aromatic rings. The Morgan fingerprint density at radius 3 is 2.75 bits per heavy atom. The van der Waals surface area contributed by atoms with Crippen LogP contribution < -0.4 is 5.32 Å².